The summed E-state index contributed by atoms with van der Waals surface area (Å²) in [5.41, 5.74) is -0.563. The number of carbonyl (C=O) groups excluding carboxylic acids is 1. The highest BCUT2D eigenvalue weighted by molar-refractivity contribution is 9.10. The van der Waals surface area contributed by atoms with Crippen molar-refractivity contribution in [2.24, 2.45) is 11.3 Å². The standard InChI is InChI=1S/C21H23BrO5/c1-13-4-3-10-20(2)17(15-9-11-25-12-15)26-19(21(13,20)24)27-18(23)14-5-7-16(22)8-6-14/h5-9,11-13,17,19,24H,3-4,10H2,1-2H3/t13-,17-,19-,20-,21+/m0/s1. The van der Waals surface area contributed by atoms with Gasteiger partial charge in [-0.3, -0.25) is 0 Å². The van der Waals surface area contributed by atoms with Crippen molar-refractivity contribution in [1.82, 2.24) is 0 Å². The van der Waals surface area contributed by atoms with E-state index in [4.69, 9.17) is 13.9 Å². The van der Waals surface area contributed by atoms with Gasteiger partial charge in [0.1, 0.15) is 5.60 Å². The molecule has 1 saturated carbocycles. The highest BCUT2D eigenvalue weighted by Crippen LogP contribution is 2.62. The van der Waals surface area contributed by atoms with E-state index < -0.39 is 29.4 Å². The Labute approximate surface area is 166 Å². The molecule has 0 unspecified atom stereocenters. The first-order valence-corrected chi connectivity index (χ1v) is 10.0. The Kier molecular flexibility index (Phi) is 4.69. The number of rotatable bonds is 3. The molecule has 4 rings (SSSR count). The minimum absolute atomic E-state index is 0.0594. The Hall–Kier alpha value is -1.63. The number of hydrogen-bond donors (Lipinski definition) is 1. The lowest BCUT2D eigenvalue weighted by Crippen LogP contribution is -2.58. The van der Waals surface area contributed by atoms with Crippen molar-refractivity contribution < 1.29 is 23.8 Å². The fraction of sp³-hybridized carbons (Fsp3) is 0.476. The van der Waals surface area contributed by atoms with Crippen LogP contribution in [0.15, 0.2) is 51.7 Å². The van der Waals surface area contributed by atoms with Crippen molar-refractivity contribution in [3.8, 4) is 0 Å². The van der Waals surface area contributed by atoms with Gasteiger partial charge in [0.2, 0.25) is 6.29 Å². The summed E-state index contributed by atoms with van der Waals surface area (Å²) in [5, 5.41) is 11.8. The summed E-state index contributed by atoms with van der Waals surface area (Å²) < 4.78 is 18.0. The van der Waals surface area contributed by atoms with E-state index in [1.165, 1.54) is 0 Å². The van der Waals surface area contributed by atoms with Crippen LogP contribution in [0.25, 0.3) is 0 Å². The number of halogens is 1. The lowest BCUT2D eigenvalue weighted by molar-refractivity contribution is -0.209. The Balaban J connectivity index is 1.67. The largest absolute Gasteiger partial charge is 0.472 e. The number of hydrogen-bond acceptors (Lipinski definition) is 5. The summed E-state index contributed by atoms with van der Waals surface area (Å²) in [6, 6.07) is 8.77. The molecule has 1 saturated heterocycles. The van der Waals surface area contributed by atoms with Crippen LogP contribution in [0.4, 0.5) is 0 Å². The summed E-state index contributed by atoms with van der Waals surface area (Å²) in [7, 11) is 0. The fourth-order valence-electron chi connectivity index (χ4n) is 4.72. The second-order valence-corrected chi connectivity index (χ2v) is 8.77. The molecule has 2 aliphatic rings. The highest BCUT2D eigenvalue weighted by atomic mass is 79.9. The Morgan fingerprint density at radius 3 is 2.70 bits per heavy atom. The van der Waals surface area contributed by atoms with Crippen LogP contribution in [0.5, 0.6) is 0 Å². The Morgan fingerprint density at radius 1 is 1.30 bits per heavy atom. The summed E-state index contributed by atoms with van der Waals surface area (Å²) in [6.07, 6.45) is 4.44. The molecule has 1 N–H and O–H groups in total. The van der Waals surface area contributed by atoms with Gasteiger partial charge in [0, 0.05) is 15.5 Å². The molecular formula is C21H23BrO5. The second-order valence-electron chi connectivity index (χ2n) is 7.85. The van der Waals surface area contributed by atoms with Crippen LogP contribution < -0.4 is 0 Å². The van der Waals surface area contributed by atoms with E-state index >= 15 is 0 Å². The average molecular weight is 435 g/mol. The Morgan fingerprint density at radius 2 is 2.04 bits per heavy atom. The summed E-state index contributed by atoms with van der Waals surface area (Å²) in [6.45, 7) is 4.02. The van der Waals surface area contributed by atoms with Gasteiger partial charge in [-0.05, 0) is 49.1 Å². The predicted octanol–water partition coefficient (Wildman–Crippen LogP) is 4.85. The highest BCUT2D eigenvalue weighted by Gasteiger charge is 2.68. The topological polar surface area (TPSA) is 68.9 Å². The fourth-order valence-corrected chi connectivity index (χ4v) is 4.98. The molecule has 0 radical (unpaired) electrons. The van der Waals surface area contributed by atoms with Gasteiger partial charge < -0.3 is 19.0 Å². The maximum absolute atomic E-state index is 12.7. The zero-order chi connectivity index (χ0) is 19.2. The van der Waals surface area contributed by atoms with E-state index in [1.54, 1.807) is 36.8 Å². The Bertz CT molecular complexity index is 818. The van der Waals surface area contributed by atoms with Crippen molar-refractivity contribution in [2.75, 3.05) is 0 Å². The third-order valence-corrected chi connectivity index (χ3v) is 6.87. The molecule has 0 spiro atoms. The number of aliphatic hydroxyl groups is 1. The number of furan rings is 1. The SMILES string of the molecule is C[C@H]1CCC[C@@]2(C)[C@H](c3ccoc3)O[C@@H](OC(=O)c3ccc(Br)cc3)[C@]12O. The molecular weight excluding hydrogens is 412 g/mol. The van der Waals surface area contributed by atoms with Gasteiger partial charge in [-0.1, -0.05) is 36.2 Å². The van der Waals surface area contributed by atoms with Crippen molar-refractivity contribution in [3.63, 3.8) is 0 Å². The first-order chi connectivity index (χ1) is 12.9. The first kappa shape index (κ1) is 18.7. The minimum Gasteiger partial charge on any atom is -0.472 e. The molecule has 0 bridgehead atoms. The summed E-state index contributed by atoms with van der Waals surface area (Å²) in [5.74, 6) is -0.565. The summed E-state index contributed by atoms with van der Waals surface area (Å²) in [4.78, 5) is 12.7. The van der Waals surface area contributed by atoms with Crippen LogP contribution in [0.2, 0.25) is 0 Å². The quantitative estimate of drug-likeness (QED) is 0.698. The molecule has 1 aromatic carbocycles. The van der Waals surface area contributed by atoms with Crippen molar-refractivity contribution >= 4 is 21.9 Å². The van der Waals surface area contributed by atoms with Crippen LogP contribution >= 0.6 is 15.9 Å². The van der Waals surface area contributed by atoms with Gasteiger partial charge in [0.25, 0.3) is 0 Å². The van der Waals surface area contributed by atoms with E-state index in [9.17, 15) is 9.90 Å². The molecule has 5 nitrogen and oxygen atoms in total. The normalized spacial score (nSPS) is 35.6. The molecule has 1 aromatic heterocycles. The van der Waals surface area contributed by atoms with Gasteiger partial charge in [0.15, 0.2) is 0 Å². The molecule has 2 aromatic rings. The van der Waals surface area contributed by atoms with Crippen LogP contribution in [0.1, 0.15) is 55.1 Å². The average Bonchev–Trinajstić information content (AvgIpc) is 3.24. The van der Waals surface area contributed by atoms with Crippen LogP contribution in [0, 0.1) is 11.3 Å². The van der Waals surface area contributed by atoms with Gasteiger partial charge in [-0.15, -0.1) is 0 Å². The van der Waals surface area contributed by atoms with Crippen molar-refractivity contribution in [3.05, 3.63) is 58.5 Å². The van der Waals surface area contributed by atoms with Gasteiger partial charge in [-0.25, -0.2) is 4.79 Å². The maximum atomic E-state index is 12.7. The zero-order valence-corrected chi connectivity index (χ0v) is 16.9. The van der Waals surface area contributed by atoms with E-state index in [0.29, 0.717) is 5.56 Å². The molecule has 2 fully saturated rings. The lowest BCUT2D eigenvalue weighted by atomic mass is 9.58. The molecule has 1 aliphatic heterocycles. The van der Waals surface area contributed by atoms with Crippen LogP contribution in [-0.4, -0.2) is 23.0 Å². The minimum atomic E-state index is -1.27. The third kappa shape index (κ3) is 2.85. The molecule has 27 heavy (non-hydrogen) atoms. The predicted molar refractivity (Wildman–Crippen MR) is 102 cm³/mol. The number of esters is 1. The van der Waals surface area contributed by atoms with E-state index in [1.807, 2.05) is 19.9 Å². The molecule has 1 aliphatic carbocycles. The van der Waals surface area contributed by atoms with E-state index in [2.05, 4.69) is 15.9 Å². The number of benzene rings is 1. The molecule has 6 heteroatoms. The number of ether oxygens (including phenoxy) is 2. The maximum Gasteiger partial charge on any atom is 0.340 e. The third-order valence-electron chi connectivity index (χ3n) is 6.34. The molecule has 0 amide bonds. The van der Waals surface area contributed by atoms with E-state index in [-0.39, 0.29) is 5.92 Å². The van der Waals surface area contributed by atoms with Crippen LogP contribution in [-0.2, 0) is 9.47 Å². The first-order valence-electron chi connectivity index (χ1n) is 9.23. The van der Waals surface area contributed by atoms with Gasteiger partial charge >= 0.3 is 5.97 Å². The van der Waals surface area contributed by atoms with Crippen molar-refractivity contribution in [2.45, 2.75) is 51.1 Å². The number of carbonyl (C=O) groups is 1. The second kappa shape index (κ2) is 6.76. The lowest BCUT2D eigenvalue weighted by Gasteiger charge is -2.49. The molecule has 5 atom stereocenters. The van der Waals surface area contributed by atoms with Crippen LogP contribution in [0.3, 0.4) is 0 Å². The molecule has 144 valence electrons. The summed E-state index contributed by atoms with van der Waals surface area (Å²) >= 11 is 3.36. The smallest absolute Gasteiger partial charge is 0.340 e. The van der Waals surface area contributed by atoms with Gasteiger partial charge in [0.05, 0.1) is 24.2 Å². The zero-order valence-electron chi connectivity index (χ0n) is 15.4. The van der Waals surface area contributed by atoms with Crippen molar-refractivity contribution in [1.29, 1.82) is 0 Å². The molecule has 2 heterocycles. The monoisotopic (exact) mass is 434 g/mol. The number of fused-ring (bicyclic) bond motifs is 1. The van der Waals surface area contributed by atoms with E-state index in [0.717, 1.165) is 29.3 Å². The van der Waals surface area contributed by atoms with Gasteiger partial charge in [-0.2, -0.15) is 0 Å².